The van der Waals surface area contributed by atoms with Gasteiger partial charge in [-0.2, -0.15) is 10.2 Å². The summed E-state index contributed by atoms with van der Waals surface area (Å²) in [4.78, 5) is 16.9. The molecule has 8 heteroatoms. The van der Waals surface area contributed by atoms with E-state index in [0.29, 0.717) is 10.0 Å². The smallest absolute Gasteiger partial charge is 0.276 e. The molecule has 0 saturated heterocycles. The Labute approximate surface area is 134 Å². The third-order valence-corrected chi connectivity index (χ3v) is 3.96. The first-order chi connectivity index (χ1) is 10.7. The highest BCUT2D eigenvalue weighted by Crippen LogP contribution is 2.29. The Balaban J connectivity index is 1.66. The van der Waals surface area contributed by atoms with E-state index in [9.17, 15) is 4.79 Å². The topological polar surface area (TPSA) is 83.0 Å². The molecule has 3 rings (SSSR count). The molecule has 0 spiro atoms. The van der Waals surface area contributed by atoms with Crippen molar-refractivity contribution < 1.29 is 4.79 Å². The molecule has 0 aliphatic carbocycles. The van der Waals surface area contributed by atoms with E-state index in [0.717, 1.165) is 10.6 Å². The lowest BCUT2D eigenvalue weighted by atomic mass is 10.3. The van der Waals surface area contributed by atoms with Crippen LogP contribution in [0.4, 0.5) is 0 Å². The van der Waals surface area contributed by atoms with E-state index < -0.39 is 5.91 Å². The van der Waals surface area contributed by atoms with E-state index in [4.69, 9.17) is 11.6 Å². The summed E-state index contributed by atoms with van der Waals surface area (Å²) in [5.41, 5.74) is 4.03. The van der Waals surface area contributed by atoms with Gasteiger partial charge >= 0.3 is 0 Å². The van der Waals surface area contributed by atoms with Crippen LogP contribution in [-0.4, -0.2) is 27.3 Å². The Morgan fingerprint density at radius 3 is 3.00 bits per heavy atom. The van der Waals surface area contributed by atoms with E-state index in [1.807, 2.05) is 12.1 Å². The zero-order valence-electron chi connectivity index (χ0n) is 11.2. The van der Waals surface area contributed by atoms with E-state index in [1.165, 1.54) is 17.6 Å². The third kappa shape index (κ3) is 3.38. The quantitative estimate of drug-likeness (QED) is 0.569. The average molecular weight is 332 g/mol. The van der Waals surface area contributed by atoms with Crippen molar-refractivity contribution >= 4 is 35.1 Å². The Kier molecular flexibility index (Phi) is 4.27. The molecule has 0 aliphatic heterocycles. The summed E-state index contributed by atoms with van der Waals surface area (Å²) in [6.07, 6.45) is 3.11. The fourth-order valence-electron chi connectivity index (χ4n) is 1.69. The fraction of sp³-hybridized carbons (Fsp3) is 0. The second-order valence-corrected chi connectivity index (χ2v) is 5.94. The Hall–Kier alpha value is -2.51. The number of hydrogen-bond acceptors (Lipinski definition) is 5. The lowest BCUT2D eigenvalue weighted by molar-refractivity contribution is 0.0950. The number of H-pyrrole nitrogens is 1. The van der Waals surface area contributed by atoms with Crippen LogP contribution in [0.25, 0.3) is 10.6 Å². The van der Waals surface area contributed by atoms with Crippen molar-refractivity contribution in [3.8, 4) is 10.6 Å². The summed E-state index contributed by atoms with van der Waals surface area (Å²) in [6, 6.07) is 10.7. The number of halogens is 1. The number of nitrogens with zero attached hydrogens (tertiary/aromatic N) is 3. The molecular weight excluding hydrogens is 322 g/mol. The van der Waals surface area contributed by atoms with Crippen LogP contribution < -0.4 is 5.43 Å². The fourth-order valence-corrected chi connectivity index (χ4v) is 2.70. The molecular formula is C14H10ClN5OS. The van der Waals surface area contributed by atoms with Gasteiger partial charge in [0.05, 0.1) is 26.8 Å². The third-order valence-electron chi connectivity index (χ3n) is 2.70. The van der Waals surface area contributed by atoms with Gasteiger partial charge in [0.25, 0.3) is 5.91 Å². The molecule has 3 heterocycles. The molecule has 3 aromatic heterocycles. The first-order valence-electron chi connectivity index (χ1n) is 6.28. The van der Waals surface area contributed by atoms with Gasteiger partial charge in [0.1, 0.15) is 0 Å². The maximum Gasteiger partial charge on any atom is 0.291 e. The molecule has 110 valence electrons. The van der Waals surface area contributed by atoms with Gasteiger partial charge in [-0.05, 0) is 30.3 Å². The van der Waals surface area contributed by atoms with Gasteiger partial charge in [-0.15, -0.1) is 11.3 Å². The molecule has 0 atom stereocenters. The number of aromatic amines is 1. The van der Waals surface area contributed by atoms with Crippen LogP contribution in [0, 0.1) is 0 Å². The summed E-state index contributed by atoms with van der Waals surface area (Å²) >= 11 is 7.29. The number of aromatic nitrogens is 3. The molecule has 0 aliphatic rings. The van der Waals surface area contributed by atoms with Gasteiger partial charge < -0.3 is 0 Å². The molecule has 6 nitrogen and oxygen atoms in total. The number of nitrogens with one attached hydrogen (secondary N) is 2. The van der Waals surface area contributed by atoms with Crippen LogP contribution >= 0.6 is 22.9 Å². The largest absolute Gasteiger partial charge is 0.291 e. The number of hydrogen-bond donors (Lipinski definition) is 2. The van der Waals surface area contributed by atoms with Crippen molar-refractivity contribution in [1.82, 2.24) is 20.6 Å². The van der Waals surface area contributed by atoms with Gasteiger partial charge in [-0.1, -0.05) is 17.7 Å². The number of hydrazone groups is 1. The van der Waals surface area contributed by atoms with Crippen molar-refractivity contribution in [2.24, 2.45) is 5.10 Å². The average Bonchev–Trinajstić information content (AvgIpc) is 3.17. The van der Waals surface area contributed by atoms with Crippen LogP contribution in [0.5, 0.6) is 0 Å². The number of amides is 1. The minimum absolute atomic E-state index is 0.248. The van der Waals surface area contributed by atoms with Crippen molar-refractivity contribution in [2.75, 3.05) is 0 Å². The van der Waals surface area contributed by atoms with E-state index >= 15 is 0 Å². The first-order valence-corrected chi connectivity index (χ1v) is 7.47. The summed E-state index contributed by atoms with van der Waals surface area (Å²) in [5, 5.41) is 10.6. The lowest BCUT2D eigenvalue weighted by Crippen LogP contribution is -2.18. The molecule has 0 unspecified atom stereocenters. The second-order valence-electron chi connectivity index (χ2n) is 4.22. The predicted molar refractivity (Wildman–Crippen MR) is 86.2 cm³/mol. The van der Waals surface area contributed by atoms with Gasteiger partial charge in [0, 0.05) is 6.20 Å². The highest BCUT2D eigenvalue weighted by Gasteiger charge is 2.11. The lowest BCUT2D eigenvalue weighted by Gasteiger charge is -1.94. The summed E-state index contributed by atoms with van der Waals surface area (Å²) < 4.78 is 0.676. The molecule has 0 saturated carbocycles. The molecule has 22 heavy (non-hydrogen) atoms. The predicted octanol–water partition coefficient (Wildman–Crippen LogP) is 2.95. The first kappa shape index (κ1) is 14.4. The number of thiophene rings is 1. The minimum atomic E-state index is -0.405. The van der Waals surface area contributed by atoms with Gasteiger partial charge in [-0.3, -0.25) is 14.9 Å². The van der Waals surface area contributed by atoms with Crippen molar-refractivity contribution in [3.05, 3.63) is 58.3 Å². The van der Waals surface area contributed by atoms with E-state index in [-0.39, 0.29) is 5.69 Å². The van der Waals surface area contributed by atoms with Crippen molar-refractivity contribution in [1.29, 1.82) is 0 Å². The maximum atomic E-state index is 11.9. The number of carbonyl (C=O) groups is 1. The Bertz CT molecular complexity index is 812. The summed E-state index contributed by atoms with van der Waals surface area (Å²) in [7, 11) is 0. The molecule has 0 bridgehead atoms. The summed E-state index contributed by atoms with van der Waals surface area (Å²) in [5.74, 6) is -0.405. The summed E-state index contributed by atoms with van der Waals surface area (Å²) in [6.45, 7) is 0. The molecule has 0 aromatic carbocycles. The van der Waals surface area contributed by atoms with Crippen LogP contribution in [-0.2, 0) is 0 Å². The molecule has 1 amide bonds. The minimum Gasteiger partial charge on any atom is -0.276 e. The molecule has 3 aromatic rings. The SMILES string of the molecule is O=C(N/N=C\c1ccccn1)c1cc(-c2ccc(Cl)s2)[nH]n1. The zero-order chi connectivity index (χ0) is 15.4. The number of pyridine rings is 1. The normalized spacial score (nSPS) is 11.0. The zero-order valence-corrected chi connectivity index (χ0v) is 12.7. The van der Waals surface area contributed by atoms with Crippen molar-refractivity contribution in [3.63, 3.8) is 0 Å². The highest BCUT2D eigenvalue weighted by atomic mass is 35.5. The van der Waals surface area contributed by atoms with Crippen LogP contribution in [0.1, 0.15) is 16.2 Å². The monoisotopic (exact) mass is 331 g/mol. The standard InChI is InChI=1S/C14H10ClN5OS/c15-13-5-4-12(22-13)10-7-11(19-18-10)14(21)20-17-8-9-3-1-2-6-16-9/h1-8H,(H,18,19)(H,20,21)/b17-8-. The Morgan fingerprint density at radius 2 is 2.27 bits per heavy atom. The maximum absolute atomic E-state index is 11.9. The second kappa shape index (κ2) is 6.50. The van der Waals surface area contributed by atoms with Gasteiger partial charge in [0.2, 0.25) is 0 Å². The van der Waals surface area contributed by atoms with Crippen LogP contribution in [0.2, 0.25) is 4.34 Å². The van der Waals surface area contributed by atoms with Gasteiger partial charge in [0.15, 0.2) is 5.69 Å². The molecule has 0 fully saturated rings. The van der Waals surface area contributed by atoms with Gasteiger partial charge in [-0.25, -0.2) is 5.43 Å². The molecule has 2 N–H and O–H groups in total. The van der Waals surface area contributed by atoms with Crippen LogP contribution in [0.15, 0.2) is 47.7 Å². The molecule has 0 radical (unpaired) electrons. The van der Waals surface area contributed by atoms with E-state index in [2.05, 4.69) is 25.7 Å². The highest BCUT2D eigenvalue weighted by molar-refractivity contribution is 7.19. The number of carbonyl (C=O) groups excluding carboxylic acids is 1. The number of rotatable bonds is 4. The van der Waals surface area contributed by atoms with Crippen molar-refractivity contribution in [2.45, 2.75) is 0 Å². The van der Waals surface area contributed by atoms with E-state index in [1.54, 1.807) is 30.5 Å². The van der Waals surface area contributed by atoms with Crippen LogP contribution in [0.3, 0.4) is 0 Å². The Morgan fingerprint density at radius 1 is 1.36 bits per heavy atom.